The summed E-state index contributed by atoms with van der Waals surface area (Å²) in [6, 6.07) is 24.7. The second-order valence-electron chi connectivity index (χ2n) is 6.82. The molecular weight excluding hydrogens is 508 g/mol. The monoisotopic (exact) mass is 526 g/mol. The van der Waals surface area contributed by atoms with Crippen molar-refractivity contribution in [3.05, 3.63) is 95.0 Å². The largest absolute Gasteiger partial charge is 0.457 e. The van der Waals surface area contributed by atoms with Crippen molar-refractivity contribution >= 4 is 58.6 Å². The number of para-hydroxylation sites is 1. The fourth-order valence-corrected chi connectivity index (χ4v) is 5.56. The average molecular weight is 527 g/mol. The van der Waals surface area contributed by atoms with Gasteiger partial charge in [-0.25, -0.2) is 5.43 Å². The Morgan fingerprint density at radius 2 is 1.71 bits per heavy atom. The first-order chi connectivity index (χ1) is 16.6. The number of halogens is 1. The van der Waals surface area contributed by atoms with E-state index in [1.54, 1.807) is 18.0 Å². The molecule has 172 valence electrons. The third kappa shape index (κ3) is 7.88. The van der Waals surface area contributed by atoms with E-state index < -0.39 is 0 Å². The number of thioether (sulfide) groups is 2. The van der Waals surface area contributed by atoms with Crippen LogP contribution in [0.1, 0.15) is 11.1 Å². The van der Waals surface area contributed by atoms with Crippen molar-refractivity contribution in [3.8, 4) is 11.5 Å². The number of aromatic nitrogens is 2. The van der Waals surface area contributed by atoms with Gasteiger partial charge in [-0.3, -0.25) is 4.79 Å². The summed E-state index contributed by atoms with van der Waals surface area (Å²) in [5, 5.41) is 13.1. The van der Waals surface area contributed by atoms with Crippen LogP contribution in [0.2, 0.25) is 5.02 Å². The summed E-state index contributed by atoms with van der Waals surface area (Å²) in [6.07, 6.45) is 1.58. The van der Waals surface area contributed by atoms with E-state index in [0.717, 1.165) is 36.3 Å². The van der Waals surface area contributed by atoms with E-state index >= 15 is 0 Å². The van der Waals surface area contributed by atoms with Gasteiger partial charge in [0.15, 0.2) is 8.68 Å². The average Bonchev–Trinajstić information content (AvgIpc) is 3.31. The Bertz CT molecular complexity index is 1250. The summed E-state index contributed by atoms with van der Waals surface area (Å²) in [6.45, 7) is 0. The van der Waals surface area contributed by atoms with Gasteiger partial charge >= 0.3 is 0 Å². The summed E-state index contributed by atoms with van der Waals surface area (Å²) in [5.41, 5.74) is 4.51. The number of carbonyl (C=O) groups excluding carboxylic acids is 1. The molecule has 0 aliphatic heterocycles. The lowest BCUT2D eigenvalue weighted by Crippen LogP contribution is -2.19. The fourth-order valence-electron chi connectivity index (χ4n) is 2.66. The molecule has 1 amide bonds. The Kier molecular flexibility index (Phi) is 8.97. The zero-order valence-corrected chi connectivity index (χ0v) is 21.0. The van der Waals surface area contributed by atoms with Crippen molar-refractivity contribution < 1.29 is 9.53 Å². The molecule has 0 unspecified atom stereocenters. The van der Waals surface area contributed by atoms with E-state index in [2.05, 4.69) is 20.7 Å². The Morgan fingerprint density at radius 1 is 0.971 bits per heavy atom. The first kappa shape index (κ1) is 24.3. The second-order valence-corrected chi connectivity index (χ2v) is 10.7. The van der Waals surface area contributed by atoms with Crippen LogP contribution in [-0.4, -0.2) is 28.1 Å². The van der Waals surface area contributed by atoms with E-state index in [0.29, 0.717) is 5.75 Å². The molecule has 4 aromatic rings. The van der Waals surface area contributed by atoms with Crippen molar-refractivity contribution in [1.82, 2.24) is 15.6 Å². The number of rotatable bonds is 10. The van der Waals surface area contributed by atoms with Gasteiger partial charge in [-0.05, 0) is 47.5 Å². The van der Waals surface area contributed by atoms with Crippen molar-refractivity contribution in [3.63, 3.8) is 0 Å². The summed E-state index contributed by atoms with van der Waals surface area (Å²) < 4.78 is 7.41. The lowest BCUT2D eigenvalue weighted by Gasteiger charge is -2.05. The molecule has 6 nitrogen and oxygen atoms in total. The van der Waals surface area contributed by atoms with Crippen LogP contribution in [0.4, 0.5) is 0 Å². The maximum atomic E-state index is 12.1. The molecule has 1 aromatic heterocycles. The first-order valence-electron chi connectivity index (χ1n) is 10.1. The molecule has 0 radical (unpaired) electrons. The number of hydrazone groups is 1. The molecule has 1 N–H and O–H groups in total. The fraction of sp³-hybridized carbons (Fsp3) is 0.0833. The second kappa shape index (κ2) is 12.6. The minimum absolute atomic E-state index is 0.199. The summed E-state index contributed by atoms with van der Waals surface area (Å²) in [5.74, 6) is 2.21. The molecule has 0 spiro atoms. The van der Waals surface area contributed by atoms with E-state index in [-0.39, 0.29) is 11.7 Å². The van der Waals surface area contributed by atoms with E-state index in [1.165, 1.54) is 23.1 Å². The number of nitrogens with one attached hydrogen (secondary N) is 1. The van der Waals surface area contributed by atoms with Crippen LogP contribution in [0.15, 0.2) is 92.6 Å². The Labute approximate surface area is 214 Å². The number of hydrogen-bond donors (Lipinski definition) is 1. The number of benzene rings is 3. The highest BCUT2D eigenvalue weighted by Gasteiger charge is 2.09. The van der Waals surface area contributed by atoms with Crippen LogP contribution in [0, 0.1) is 0 Å². The summed E-state index contributed by atoms with van der Waals surface area (Å²) >= 11 is 10.3. The molecule has 0 aliphatic rings. The maximum Gasteiger partial charge on any atom is 0.250 e. The Balaban J connectivity index is 1.20. The highest BCUT2D eigenvalue weighted by Crippen LogP contribution is 2.30. The number of hydrogen-bond acceptors (Lipinski definition) is 8. The van der Waals surface area contributed by atoms with E-state index in [1.807, 2.05) is 78.9 Å². The summed E-state index contributed by atoms with van der Waals surface area (Å²) in [4.78, 5) is 12.1. The van der Waals surface area contributed by atoms with Gasteiger partial charge in [0.1, 0.15) is 11.5 Å². The predicted octanol–water partition coefficient (Wildman–Crippen LogP) is 6.52. The van der Waals surface area contributed by atoms with Gasteiger partial charge in [0.2, 0.25) is 0 Å². The molecule has 0 saturated heterocycles. The van der Waals surface area contributed by atoms with Gasteiger partial charge in [-0.2, -0.15) is 5.10 Å². The molecule has 0 bridgehead atoms. The first-order valence-corrected chi connectivity index (χ1v) is 13.3. The van der Waals surface area contributed by atoms with Crippen LogP contribution in [0.3, 0.4) is 0 Å². The maximum absolute atomic E-state index is 12.1. The molecule has 10 heteroatoms. The van der Waals surface area contributed by atoms with Gasteiger partial charge in [0.05, 0.1) is 12.0 Å². The molecule has 0 atom stereocenters. The molecule has 0 saturated carbocycles. The van der Waals surface area contributed by atoms with Gasteiger partial charge in [-0.15, -0.1) is 10.2 Å². The molecule has 34 heavy (non-hydrogen) atoms. The van der Waals surface area contributed by atoms with Gasteiger partial charge in [0, 0.05) is 10.8 Å². The molecular formula is C24H19ClN4O2S3. The van der Waals surface area contributed by atoms with Crippen LogP contribution in [0.5, 0.6) is 11.5 Å². The van der Waals surface area contributed by atoms with Gasteiger partial charge in [-0.1, -0.05) is 88.9 Å². The smallest absolute Gasteiger partial charge is 0.250 e. The van der Waals surface area contributed by atoms with E-state index in [4.69, 9.17) is 16.3 Å². The highest BCUT2D eigenvalue weighted by molar-refractivity contribution is 8.03. The third-order valence-corrected chi connectivity index (χ3v) is 7.74. The number of ether oxygens (including phenoxy) is 1. The van der Waals surface area contributed by atoms with Crippen LogP contribution in [0.25, 0.3) is 0 Å². The number of carbonyl (C=O) groups is 1. The van der Waals surface area contributed by atoms with Crippen LogP contribution >= 0.6 is 46.5 Å². The lowest BCUT2D eigenvalue weighted by molar-refractivity contribution is -0.118. The van der Waals surface area contributed by atoms with Crippen molar-refractivity contribution in [2.24, 2.45) is 5.10 Å². The van der Waals surface area contributed by atoms with E-state index in [9.17, 15) is 4.79 Å². The Hall–Kier alpha value is -2.85. The van der Waals surface area contributed by atoms with Crippen molar-refractivity contribution in [2.75, 3.05) is 5.75 Å². The standard InChI is InChI=1S/C24H19ClN4O2S3/c25-19-11-9-17(10-12-19)15-32-23-28-29-24(34-23)33-16-22(30)27-26-14-18-5-4-8-21(13-18)31-20-6-2-1-3-7-20/h1-14H,15-16H2,(H,27,30)/b26-14+. The minimum Gasteiger partial charge on any atom is -0.457 e. The third-order valence-electron chi connectivity index (χ3n) is 4.23. The van der Waals surface area contributed by atoms with Gasteiger partial charge < -0.3 is 4.74 Å². The SMILES string of the molecule is O=C(CSc1nnc(SCc2ccc(Cl)cc2)s1)N/N=C/c1cccc(Oc2ccccc2)c1. The quantitative estimate of drug-likeness (QED) is 0.144. The summed E-state index contributed by atoms with van der Waals surface area (Å²) in [7, 11) is 0. The lowest BCUT2D eigenvalue weighted by atomic mass is 10.2. The highest BCUT2D eigenvalue weighted by atomic mass is 35.5. The number of amides is 1. The molecule has 3 aromatic carbocycles. The minimum atomic E-state index is -0.219. The van der Waals surface area contributed by atoms with Crippen molar-refractivity contribution in [2.45, 2.75) is 14.4 Å². The topological polar surface area (TPSA) is 76.5 Å². The zero-order valence-electron chi connectivity index (χ0n) is 17.8. The molecule has 0 fully saturated rings. The molecule has 0 aliphatic carbocycles. The molecule has 1 heterocycles. The van der Waals surface area contributed by atoms with Crippen LogP contribution in [-0.2, 0) is 10.5 Å². The van der Waals surface area contributed by atoms with Crippen LogP contribution < -0.4 is 10.2 Å². The Morgan fingerprint density at radius 3 is 2.50 bits per heavy atom. The van der Waals surface area contributed by atoms with Crippen molar-refractivity contribution in [1.29, 1.82) is 0 Å². The normalized spacial score (nSPS) is 11.0. The number of nitrogens with zero attached hydrogens (tertiary/aromatic N) is 3. The van der Waals surface area contributed by atoms with Gasteiger partial charge in [0.25, 0.3) is 5.91 Å². The molecule has 4 rings (SSSR count). The zero-order chi connectivity index (χ0) is 23.6. The predicted molar refractivity (Wildman–Crippen MR) is 140 cm³/mol.